The van der Waals surface area contributed by atoms with E-state index in [0.717, 1.165) is 31.4 Å². The lowest BCUT2D eigenvalue weighted by atomic mass is 10.1. The van der Waals surface area contributed by atoms with Crippen LogP contribution in [-0.2, 0) is 22.9 Å². The van der Waals surface area contributed by atoms with Crippen molar-refractivity contribution in [1.29, 1.82) is 0 Å². The predicted octanol–water partition coefficient (Wildman–Crippen LogP) is 2.99. The van der Waals surface area contributed by atoms with Crippen LogP contribution in [0.15, 0.2) is 40.5 Å². The van der Waals surface area contributed by atoms with Crippen molar-refractivity contribution in [2.75, 3.05) is 18.2 Å². The fraction of sp³-hybridized carbons (Fsp3) is 0.423. The van der Waals surface area contributed by atoms with E-state index in [1.165, 1.54) is 18.6 Å². The zero-order chi connectivity index (χ0) is 27.1. The molecule has 0 aliphatic heterocycles. The molecular weight excluding hydrogens is 520 g/mol. The number of sulfone groups is 1. The lowest BCUT2D eigenvalue weighted by Gasteiger charge is -2.14. The van der Waals surface area contributed by atoms with Gasteiger partial charge in [0.05, 0.1) is 41.9 Å². The molecule has 0 bridgehead atoms. The number of methoxy groups -OCH3 is 1. The number of nitrogens with zero attached hydrogens (tertiary/aromatic N) is 7. The quantitative estimate of drug-likeness (QED) is 0.310. The Labute approximate surface area is 226 Å². The summed E-state index contributed by atoms with van der Waals surface area (Å²) in [5.74, 6) is 1.69. The largest absolute Gasteiger partial charge is 0.480 e. The first-order valence-electron chi connectivity index (χ1n) is 13.0. The zero-order valence-corrected chi connectivity index (χ0v) is 22.5. The van der Waals surface area contributed by atoms with Crippen LogP contribution in [0.4, 0.5) is 5.82 Å². The lowest BCUT2D eigenvalue weighted by molar-refractivity contribution is 0.397. The molecule has 12 nitrogen and oxygen atoms in total. The average Bonchev–Trinajstić information content (AvgIpc) is 3.88. The van der Waals surface area contributed by atoms with E-state index in [0.29, 0.717) is 52.5 Å². The van der Waals surface area contributed by atoms with E-state index in [-0.39, 0.29) is 30.0 Å². The summed E-state index contributed by atoms with van der Waals surface area (Å²) in [4.78, 5) is 40.7. The first-order valence-corrected chi connectivity index (χ1v) is 14.6. The van der Waals surface area contributed by atoms with Gasteiger partial charge in [0.25, 0.3) is 5.56 Å². The highest BCUT2D eigenvalue weighted by atomic mass is 32.2. The number of aromatic nitrogens is 7. The fourth-order valence-corrected chi connectivity index (χ4v) is 5.28. The molecule has 0 aromatic carbocycles. The van der Waals surface area contributed by atoms with Gasteiger partial charge in [-0.25, -0.2) is 33.3 Å². The van der Waals surface area contributed by atoms with Crippen molar-refractivity contribution in [2.24, 2.45) is 5.92 Å². The molecule has 0 spiro atoms. The molecule has 39 heavy (non-hydrogen) atoms. The second kappa shape index (κ2) is 9.95. The van der Waals surface area contributed by atoms with Gasteiger partial charge >= 0.3 is 0 Å². The van der Waals surface area contributed by atoms with E-state index in [2.05, 4.69) is 30.2 Å². The topological polar surface area (TPSA) is 155 Å². The lowest BCUT2D eigenvalue weighted by Crippen LogP contribution is -2.27. The molecule has 4 heterocycles. The molecule has 0 atom stereocenters. The summed E-state index contributed by atoms with van der Waals surface area (Å²) in [6, 6.07) is 3.15. The van der Waals surface area contributed by atoms with Crippen LogP contribution < -0.4 is 15.6 Å². The fourth-order valence-electron chi connectivity index (χ4n) is 4.45. The van der Waals surface area contributed by atoms with Gasteiger partial charge in [-0.3, -0.25) is 14.3 Å². The SMILES string of the molecule is CCS(=O)(=O)c1ccc(CNc2nc3cnc(-c4c(OC)ncnc4C4CC4)nc3n(CC3CC3)c2=O)nc1.[HH]. The maximum absolute atomic E-state index is 13.6. The molecule has 2 aliphatic rings. The van der Waals surface area contributed by atoms with Crippen molar-refractivity contribution < 1.29 is 14.6 Å². The van der Waals surface area contributed by atoms with Gasteiger partial charge in [-0.1, -0.05) is 6.92 Å². The molecule has 6 rings (SSSR count). The van der Waals surface area contributed by atoms with Crippen LogP contribution in [-0.4, -0.2) is 55.8 Å². The number of hydrogen-bond donors (Lipinski definition) is 1. The Hall–Kier alpha value is -4.00. The Morgan fingerprint density at radius 3 is 2.56 bits per heavy atom. The molecule has 4 aromatic heterocycles. The minimum absolute atomic E-state index is 0. The van der Waals surface area contributed by atoms with Crippen LogP contribution in [0.1, 0.15) is 51.3 Å². The Balaban J connectivity index is 0.00000323. The minimum atomic E-state index is -3.33. The standard InChI is InChI=1S/C26H28N8O4S.H2/c1-3-39(36,37)18-9-8-17(27-11-18)10-28-23-26(35)34(13-15-4-5-15)24-19(32-23)12-29-22(33-24)20-21(16-6-7-16)30-14-31-25(20)38-2;/h8-9,11-12,14-16H,3-7,10,13H2,1-2H3,(H,28,32);1H. The Morgan fingerprint density at radius 2 is 1.90 bits per heavy atom. The summed E-state index contributed by atoms with van der Waals surface area (Å²) in [6.07, 6.45) is 8.62. The molecule has 4 aromatic rings. The molecule has 2 saturated carbocycles. The Bertz CT molecular complexity index is 1720. The van der Waals surface area contributed by atoms with Crippen LogP contribution >= 0.6 is 0 Å². The first-order chi connectivity index (χ1) is 18.9. The maximum Gasteiger partial charge on any atom is 0.294 e. The summed E-state index contributed by atoms with van der Waals surface area (Å²) in [5.41, 5.74) is 2.72. The van der Waals surface area contributed by atoms with Crippen molar-refractivity contribution in [2.45, 2.75) is 56.5 Å². The zero-order valence-electron chi connectivity index (χ0n) is 21.7. The van der Waals surface area contributed by atoms with E-state index in [1.54, 1.807) is 30.9 Å². The highest BCUT2D eigenvalue weighted by Gasteiger charge is 2.32. The number of rotatable bonds is 10. The van der Waals surface area contributed by atoms with Gasteiger partial charge in [0.1, 0.15) is 17.4 Å². The molecule has 0 radical (unpaired) electrons. The van der Waals surface area contributed by atoms with Crippen molar-refractivity contribution >= 4 is 26.8 Å². The molecule has 13 heteroatoms. The number of fused-ring (bicyclic) bond motifs is 1. The molecule has 0 amide bonds. The van der Waals surface area contributed by atoms with Crippen LogP contribution in [0.25, 0.3) is 22.6 Å². The van der Waals surface area contributed by atoms with Crippen LogP contribution in [0.5, 0.6) is 5.88 Å². The summed E-state index contributed by atoms with van der Waals surface area (Å²) >= 11 is 0. The number of pyridine rings is 1. The Morgan fingerprint density at radius 1 is 1.08 bits per heavy atom. The van der Waals surface area contributed by atoms with Crippen LogP contribution in [0.3, 0.4) is 0 Å². The van der Waals surface area contributed by atoms with Gasteiger partial charge in [-0.2, -0.15) is 0 Å². The van der Waals surface area contributed by atoms with Gasteiger partial charge in [0, 0.05) is 20.1 Å². The third kappa shape index (κ3) is 5.05. The maximum atomic E-state index is 13.6. The molecule has 204 valence electrons. The van der Waals surface area contributed by atoms with Crippen molar-refractivity contribution in [3.05, 3.63) is 52.6 Å². The average molecular weight is 551 g/mol. The molecule has 1 N–H and O–H groups in total. The summed E-state index contributed by atoms with van der Waals surface area (Å²) in [5, 5.41) is 3.07. The number of anilines is 1. The van der Waals surface area contributed by atoms with Gasteiger partial charge < -0.3 is 10.1 Å². The smallest absolute Gasteiger partial charge is 0.294 e. The van der Waals surface area contributed by atoms with E-state index < -0.39 is 9.84 Å². The third-order valence-corrected chi connectivity index (χ3v) is 8.74. The van der Waals surface area contributed by atoms with E-state index in [1.807, 2.05) is 0 Å². The minimum Gasteiger partial charge on any atom is -0.480 e. The van der Waals surface area contributed by atoms with Gasteiger partial charge in [0.2, 0.25) is 5.88 Å². The summed E-state index contributed by atoms with van der Waals surface area (Å²) in [6.45, 7) is 2.32. The second-order valence-corrected chi connectivity index (χ2v) is 12.2. The van der Waals surface area contributed by atoms with Crippen molar-refractivity contribution in [3.8, 4) is 17.3 Å². The van der Waals surface area contributed by atoms with Crippen LogP contribution in [0.2, 0.25) is 0 Å². The van der Waals surface area contributed by atoms with E-state index >= 15 is 0 Å². The summed E-state index contributed by atoms with van der Waals surface area (Å²) < 4.78 is 31.3. The van der Waals surface area contributed by atoms with Crippen LogP contribution in [0, 0.1) is 5.92 Å². The second-order valence-electron chi connectivity index (χ2n) is 9.88. The number of ether oxygens (including phenoxy) is 1. The number of hydrogen-bond acceptors (Lipinski definition) is 11. The van der Waals surface area contributed by atoms with E-state index in [9.17, 15) is 13.2 Å². The molecule has 2 fully saturated rings. The third-order valence-electron chi connectivity index (χ3n) is 7.02. The number of nitrogens with one attached hydrogen (secondary N) is 1. The van der Waals surface area contributed by atoms with Crippen molar-refractivity contribution in [1.82, 2.24) is 34.5 Å². The highest BCUT2D eigenvalue weighted by molar-refractivity contribution is 7.91. The molecule has 0 unspecified atom stereocenters. The molecular formula is C26H30N8O4S. The van der Waals surface area contributed by atoms with E-state index in [4.69, 9.17) is 9.72 Å². The monoisotopic (exact) mass is 550 g/mol. The predicted molar refractivity (Wildman–Crippen MR) is 145 cm³/mol. The summed E-state index contributed by atoms with van der Waals surface area (Å²) in [7, 11) is -1.78. The molecule has 2 aliphatic carbocycles. The highest BCUT2D eigenvalue weighted by Crippen LogP contribution is 2.44. The Kier molecular flexibility index (Phi) is 6.45. The van der Waals surface area contributed by atoms with Gasteiger partial charge in [0.15, 0.2) is 27.1 Å². The first kappa shape index (κ1) is 25.3. The molecule has 0 saturated heterocycles. The normalized spacial score (nSPS) is 15.4. The van der Waals surface area contributed by atoms with Crippen molar-refractivity contribution in [3.63, 3.8) is 0 Å². The van der Waals surface area contributed by atoms with Gasteiger partial charge in [-0.15, -0.1) is 0 Å². The van der Waals surface area contributed by atoms with Gasteiger partial charge in [-0.05, 0) is 43.7 Å².